The van der Waals surface area contributed by atoms with Crippen LogP contribution in [0.5, 0.6) is 0 Å². The highest BCUT2D eigenvalue weighted by molar-refractivity contribution is 5.20. The Kier molecular flexibility index (Phi) is 4.72. The summed E-state index contributed by atoms with van der Waals surface area (Å²) in [5, 5.41) is 0. The lowest BCUT2D eigenvalue weighted by atomic mass is 10.1. The van der Waals surface area contributed by atoms with E-state index in [9.17, 15) is 4.39 Å². The second-order valence-corrected chi connectivity index (χ2v) is 5.24. The predicted molar refractivity (Wildman–Crippen MR) is 72.8 cm³/mol. The number of halogens is 1. The van der Waals surface area contributed by atoms with Gasteiger partial charge in [-0.05, 0) is 43.5 Å². The molecule has 0 spiro atoms. The fourth-order valence-corrected chi connectivity index (χ4v) is 2.29. The van der Waals surface area contributed by atoms with Crippen molar-refractivity contribution in [2.75, 3.05) is 13.1 Å². The number of nitrogens with two attached hydrogens (primary N) is 1. The highest BCUT2D eigenvalue weighted by Gasteiger charge is 2.29. The quantitative estimate of drug-likeness (QED) is 0.805. The predicted octanol–water partition coefficient (Wildman–Crippen LogP) is 3.09. The van der Waals surface area contributed by atoms with Gasteiger partial charge in [0.2, 0.25) is 0 Å². The summed E-state index contributed by atoms with van der Waals surface area (Å²) in [6.45, 7) is 4.23. The first-order valence-corrected chi connectivity index (χ1v) is 6.95. The minimum absolute atomic E-state index is 0.0111. The van der Waals surface area contributed by atoms with Crippen LogP contribution in [-0.4, -0.2) is 24.0 Å². The van der Waals surface area contributed by atoms with Gasteiger partial charge in [0, 0.05) is 18.6 Å². The highest BCUT2D eigenvalue weighted by atomic mass is 19.1. The molecule has 0 amide bonds. The summed E-state index contributed by atoms with van der Waals surface area (Å²) in [5.41, 5.74) is 7.25. The maximum Gasteiger partial charge on any atom is 0.123 e. The molecule has 1 aliphatic carbocycles. The molecule has 18 heavy (non-hydrogen) atoms. The van der Waals surface area contributed by atoms with Crippen LogP contribution >= 0.6 is 0 Å². The SMILES string of the molecule is CCCCN(CC(N)c1ccc(F)cc1)C1CC1. The first-order valence-electron chi connectivity index (χ1n) is 6.95. The molecule has 2 rings (SSSR count). The van der Waals surface area contributed by atoms with Crippen LogP contribution in [0.25, 0.3) is 0 Å². The van der Waals surface area contributed by atoms with E-state index in [1.165, 1.54) is 37.8 Å². The van der Waals surface area contributed by atoms with Gasteiger partial charge >= 0.3 is 0 Å². The van der Waals surface area contributed by atoms with Crippen LogP contribution < -0.4 is 5.73 Å². The molecular formula is C15H23FN2. The van der Waals surface area contributed by atoms with Crippen molar-refractivity contribution in [1.29, 1.82) is 0 Å². The normalized spacial score (nSPS) is 17.1. The first-order chi connectivity index (χ1) is 8.70. The zero-order valence-corrected chi connectivity index (χ0v) is 11.1. The molecule has 1 saturated carbocycles. The second kappa shape index (κ2) is 6.30. The van der Waals surface area contributed by atoms with Crippen LogP contribution in [0, 0.1) is 5.82 Å². The van der Waals surface area contributed by atoms with Crippen molar-refractivity contribution in [3.05, 3.63) is 35.6 Å². The maximum absolute atomic E-state index is 12.9. The summed E-state index contributed by atoms with van der Waals surface area (Å²) in [6, 6.07) is 7.30. The van der Waals surface area contributed by atoms with E-state index in [2.05, 4.69) is 11.8 Å². The molecule has 1 aliphatic rings. The molecule has 1 atom stereocenters. The molecule has 1 unspecified atom stereocenters. The molecule has 0 aromatic heterocycles. The van der Waals surface area contributed by atoms with Crippen LogP contribution in [0.15, 0.2) is 24.3 Å². The summed E-state index contributed by atoms with van der Waals surface area (Å²) in [4.78, 5) is 2.50. The third-order valence-electron chi connectivity index (χ3n) is 3.59. The molecule has 2 nitrogen and oxygen atoms in total. The zero-order valence-electron chi connectivity index (χ0n) is 11.1. The van der Waals surface area contributed by atoms with Crippen molar-refractivity contribution in [3.8, 4) is 0 Å². The van der Waals surface area contributed by atoms with Gasteiger partial charge in [0.1, 0.15) is 5.82 Å². The topological polar surface area (TPSA) is 29.3 Å². The van der Waals surface area contributed by atoms with Gasteiger partial charge in [-0.3, -0.25) is 4.90 Å². The summed E-state index contributed by atoms with van der Waals surface area (Å²) >= 11 is 0. The van der Waals surface area contributed by atoms with Crippen molar-refractivity contribution in [3.63, 3.8) is 0 Å². The minimum atomic E-state index is -0.198. The molecule has 0 radical (unpaired) electrons. The molecule has 1 aromatic rings. The average molecular weight is 250 g/mol. The zero-order chi connectivity index (χ0) is 13.0. The van der Waals surface area contributed by atoms with Crippen molar-refractivity contribution < 1.29 is 4.39 Å². The van der Waals surface area contributed by atoms with Gasteiger partial charge in [-0.15, -0.1) is 0 Å². The van der Waals surface area contributed by atoms with Crippen LogP contribution in [0.1, 0.15) is 44.2 Å². The van der Waals surface area contributed by atoms with Crippen molar-refractivity contribution in [2.24, 2.45) is 5.73 Å². The van der Waals surface area contributed by atoms with Gasteiger partial charge < -0.3 is 5.73 Å². The second-order valence-electron chi connectivity index (χ2n) is 5.24. The first kappa shape index (κ1) is 13.5. The summed E-state index contributed by atoms with van der Waals surface area (Å²) in [6.07, 6.45) is 5.06. The number of benzene rings is 1. The fourth-order valence-electron chi connectivity index (χ4n) is 2.29. The Bertz CT molecular complexity index is 359. The van der Waals surface area contributed by atoms with Crippen molar-refractivity contribution >= 4 is 0 Å². The fraction of sp³-hybridized carbons (Fsp3) is 0.600. The van der Waals surface area contributed by atoms with Gasteiger partial charge in [0.25, 0.3) is 0 Å². The number of unbranched alkanes of at least 4 members (excludes halogenated alkanes) is 1. The van der Waals surface area contributed by atoms with Gasteiger partial charge in [0.05, 0.1) is 0 Å². The van der Waals surface area contributed by atoms with Crippen LogP contribution in [-0.2, 0) is 0 Å². The monoisotopic (exact) mass is 250 g/mol. The molecule has 3 heteroatoms. The van der Waals surface area contributed by atoms with E-state index in [4.69, 9.17) is 5.73 Å². The number of nitrogens with zero attached hydrogens (tertiary/aromatic N) is 1. The van der Waals surface area contributed by atoms with Crippen molar-refractivity contribution in [2.45, 2.75) is 44.7 Å². The lowest BCUT2D eigenvalue weighted by Crippen LogP contribution is -2.34. The van der Waals surface area contributed by atoms with Gasteiger partial charge in [0.15, 0.2) is 0 Å². The Morgan fingerprint density at radius 3 is 2.56 bits per heavy atom. The van der Waals surface area contributed by atoms with Gasteiger partial charge in [-0.25, -0.2) is 4.39 Å². The summed E-state index contributed by atoms with van der Waals surface area (Å²) in [7, 11) is 0. The molecule has 0 bridgehead atoms. The third kappa shape index (κ3) is 3.79. The van der Waals surface area contributed by atoms with Crippen molar-refractivity contribution in [1.82, 2.24) is 4.90 Å². The molecular weight excluding hydrogens is 227 g/mol. The van der Waals surface area contributed by atoms with Gasteiger partial charge in [-0.2, -0.15) is 0 Å². The smallest absolute Gasteiger partial charge is 0.123 e. The van der Waals surface area contributed by atoms with E-state index in [-0.39, 0.29) is 11.9 Å². The molecule has 1 fully saturated rings. The van der Waals surface area contributed by atoms with Crippen LogP contribution in [0.4, 0.5) is 4.39 Å². The van der Waals surface area contributed by atoms with E-state index in [1.807, 2.05) is 0 Å². The minimum Gasteiger partial charge on any atom is -0.323 e. The largest absolute Gasteiger partial charge is 0.323 e. The van der Waals surface area contributed by atoms with E-state index >= 15 is 0 Å². The Morgan fingerprint density at radius 2 is 2.00 bits per heavy atom. The Hall–Kier alpha value is -0.930. The number of hydrogen-bond donors (Lipinski definition) is 1. The van der Waals surface area contributed by atoms with E-state index in [1.54, 1.807) is 12.1 Å². The molecule has 2 N–H and O–H groups in total. The highest BCUT2D eigenvalue weighted by Crippen LogP contribution is 2.28. The number of hydrogen-bond acceptors (Lipinski definition) is 2. The molecule has 1 aromatic carbocycles. The summed E-state index contributed by atoms with van der Waals surface area (Å²) < 4.78 is 12.9. The summed E-state index contributed by atoms with van der Waals surface area (Å²) in [5.74, 6) is -0.198. The average Bonchev–Trinajstić information content (AvgIpc) is 3.19. The molecule has 0 aliphatic heterocycles. The van der Waals surface area contributed by atoms with E-state index in [0.29, 0.717) is 0 Å². The van der Waals surface area contributed by atoms with Crippen LogP contribution in [0.2, 0.25) is 0 Å². The lowest BCUT2D eigenvalue weighted by molar-refractivity contribution is 0.243. The lowest BCUT2D eigenvalue weighted by Gasteiger charge is -2.25. The molecule has 0 saturated heterocycles. The molecule has 0 heterocycles. The molecule has 100 valence electrons. The maximum atomic E-state index is 12.9. The van der Waals surface area contributed by atoms with E-state index in [0.717, 1.165) is 24.7 Å². The van der Waals surface area contributed by atoms with Crippen LogP contribution in [0.3, 0.4) is 0 Å². The standard InChI is InChI=1S/C15H23FN2/c1-2-3-10-18(14-8-9-14)11-15(17)12-4-6-13(16)7-5-12/h4-7,14-15H,2-3,8-11,17H2,1H3. The Labute approximate surface area is 109 Å². The van der Waals surface area contributed by atoms with Gasteiger partial charge in [-0.1, -0.05) is 25.5 Å². The Morgan fingerprint density at radius 1 is 1.33 bits per heavy atom. The third-order valence-corrected chi connectivity index (χ3v) is 3.59. The van der Waals surface area contributed by atoms with E-state index < -0.39 is 0 Å². The number of rotatable bonds is 7. The Balaban J connectivity index is 1.91.